The third-order valence-corrected chi connectivity index (χ3v) is 5.15. The fourth-order valence-electron chi connectivity index (χ4n) is 2.24. The summed E-state index contributed by atoms with van der Waals surface area (Å²) in [5, 5.41) is 0.626. The molecule has 110 valence electrons. The van der Waals surface area contributed by atoms with E-state index in [1.165, 1.54) is 36.6 Å². The zero-order chi connectivity index (χ0) is 14.6. The molecule has 0 bridgehead atoms. The Morgan fingerprint density at radius 1 is 1.10 bits per heavy atom. The Morgan fingerprint density at radius 3 is 2.40 bits per heavy atom. The first-order valence-corrected chi connectivity index (χ1v) is 8.85. The van der Waals surface area contributed by atoms with Crippen LogP contribution in [0.4, 0.5) is 0 Å². The SMILES string of the molecule is O=S(=O)(NCCC1=CCCCC1)c1cc(Cl)cc(Cl)c1. The number of benzene rings is 1. The van der Waals surface area contributed by atoms with Crippen LogP contribution in [0.5, 0.6) is 0 Å². The lowest BCUT2D eigenvalue weighted by Crippen LogP contribution is -2.25. The molecule has 0 atom stereocenters. The standard InChI is InChI=1S/C14H17Cl2NO2S/c15-12-8-13(16)10-14(9-12)20(18,19)17-7-6-11-4-2-1-3-5-11/h4,8-10,17H,1-3,5-7H2. The minimum absolute atomic E-state index is 0.104. The van der Waals surface area contributed by atoms with E-state index in [2.05, 4.69) is 10.8 Å². The van der Waals surface area contributed by atoms with Gasteiger partial charge in [-0.3, -0.25) is 0 Å². The van der Waals surface area contributed by atoms with E-state index in [4.69, 9.17) is 23.2 Å². The van der Waals surface area contributed by atoms with E-state index >= 15 is 0 Å². The molecular weight excluding hydrogens is 317 g/mol. The van der Waals surface area contributed by atoms with Crippen molar-refractivity contribution in [1.82, 2.24) is 4.72 Å². The van der Waals surface area contributed by atoms with E-state index in [0.29, 0.717) is 16.6 Å². The molecule has 6 heteroatoms. The van der Waals surface area contributed by atoms with E-state index in [9.17, 15) is 8.42 Å². The lowest BCUT2D eigenvalue weighted by molar-refractivity contribution is 0.579. The lowest BCUT2D eigenvalue weighted by atomic mass is 9.97. The van der Waals surface area contributed by atoms with Crippen LogP contribution in [0.3, 0.4) is 0 Å². The molecule has 1 N–H and O–H groups in total. The fraction of sp³-hybridized carbons (Fsp3) is 0.429. The van der Waals surface area contributed by atoms with Crippen molar-refractivity contribution in [3.05, 3.63) is 39.9 Å². The van der Waals surface area contributed by atoms with Crippen LogP contribution in [0.15, 0.2) is 34.7 Å². The van der Waals surface area contributed by atoms with Gasteiger partial charge in [0.1, 0.15) is 0 Å². The van der Waals surface area contributed by atoms with Gasteiger partial charge in [-0.2, -0.15) is 0 Å². The summed E-state index contributed by atoms with van der Waals surface area (Å²) in [6, 6.07) is 4.31. The Bertz CT molecular complexity index is 591. The molecule has 0 radical (unpaired) electrons. The first-order chi connectivity index (χ1) is 9.47. The largest absolute Gasteiger partial charge is 0.240 e. The van der Waals surface area contributed by atoms with Crippen molar-refractivity contribution < 1.29 is 8.42 Å². The summed E-state index contributed by atoms with van der Waals surface area (Å²) < 4.78 is 26.9. The number of hydrogen-bond acceptors (Lipinski definition) is 2. The molecular formula is C14H17Cl2NO2S. The Labute approximate surface area is 130 Å². The maximum atomic E-state index is 12.1. The van der Waals surface area contributed by atoms with Gasteiger partial charge in [0.2, 0.25) is 10.0 Å². The monoisotopic (exact) mass is 333 g/mol. The molecule has 3 nitrogen and oxygen atoms in total. The third kappa shape index (κ3) is 4.48. The molecule has 0 amide bonds. The number of halogens is 2. The van der Waals surface area contributed by atoms with Gasteiger partial charge in [-0.1, -0.05) is 34.9 Å². The average Bonchev–Trinajstić information content (AvgIpc) is 2.38. The van der Waals surface area contributed by atoms with E-state index in [1.807, 2.05) is 0 Å². The minimum atomic E-state index is -3.55. The first-order valence-electron chi connectivity index (χ1n) is 6.61. The molecule has 1 aromatic carbocycles. The average molecular weight is 334 g/mol. The Morgan fingerprint density at radius 2 is 1.80 bits per heavy atom. The van der Waals surface area contributed by atoms with Gasteiger partial charge in [0.25, 0.3) is 0 Å². The summed E-state index contributed by atoms with van der Waals surface area (Å²) in [7, 11) is -3.55. The molecule has 0 spiro atoms. The summed E-state index contributed by atoms with van der Waals surface area (Å²) in [4.78, 5) is 0.104. The molecule has 0 aliphatic heterocycles. The highest BCUT2D eigenvalue weighted by molar-refractivity contribution is 7.89. The van der Waals surface area contributed by atoms with E-state index in [1.54, 1.807) is 0 Å². The molecule has 0 unspecified atom stereocenters. The van der Waals surface area contributed by atoms with Gasteiger partial charge in [0, 0.05) is 16.6 Å². The summed E-state index contributed by atoms with van der Waals surface area (Å²) >= 11 is 11.7. The van der Waals surface area contributed by atoms with Gasteiger partial charge >= 0.3 is 0 Å². The van der Waals surface area contributed by atoms with Crippen LogP contribution in [0.2, 0.25) is 10.0 Å². The predicted octanol–water partition coefficient (Wildman–Crippen LogP) is 4.16. The molecule has 0 fully saturated rings. The van der Waals surface area contributed by atoms with Crippen LogP contribution in [0.25, 0.3) is 0 Å². The zero-order valence-electron chi connectivity index (χ0n) is 11.0. The summed E-state index contributed by atoms with van der Waals surface area (Å²) in [6.45, 7) is 0.401. The molecule has 1 aliphatic rings. The molecule has 1 aliphatic carbocycles. The van der Waals surface area contributed by atoms with Crippen molar-refractivity contribution in [2.24, 2.45) is 0 Å². The zero-order valence-corrected chi connectivity index (χ0v) is 13.4. The first kappa shape index (κ1) is 15.8. The molecule has 0 saturated heterocycles. The van der Waals surface area contributed by atoms with Gasteiger partial charge < -0.3 is 0 Å². The van der Waals surface area contributed by atoms with E-state index in [0.717, 1.165) is 19.3 Å². The topological polar surface area (TPSA) is 46.2 Å². The third-order valence-electron chi connectivity index (χ3n) is 3.27. The van der Waals surface area contributed by atoms with Crippen LogP contribution in [0, 0.1) is 0 Å². The van der Waals surface area contributed by atoms with Gasteiger partial charge in [-0.15, -0.1) is 0 Å². The second-order valence-electron chi connectivity index (χ2n) is 4.86. The van der Waals surface area contributed by atoms with Crippen molar-refractivity contribution in [3.8, 4) is 0 Å². The van der Waals surface area contributed by atoms with Gasteiger partial charge in [0.15, 0.2) is 0 Å². The van der Waals surface area contributed by atoms with Crippen molar-refractivity contribution >= 4 is 33.2 Å². The molecule has 0 aromatic heterocycles. The Kier molecular flexibility index (Phi) is 5.49. The highest BCUT2D eigenvalue weighted by Gasteiger charge is 2.15. The van der Waals surface area contributed by atoms with Crippen LogP contribution in [-0.2, 0) is 10.0 Å². The van der Waals surface area contributed by atoms with Crippen molar-refractivity contribution in [3.63, 3.8) is 0 Å². The van der Waals surface area contributed by atoms with Crippen molar-refractivity contribution in [1.29, 1.82) is 0 Å². The normalized spacial score (nSPS) is 16.0. The molecule has 2 rings (SSSR count). The minimum Gasteiger partial charge on any atom is -0.211 e. The number of allylic oxidation sites excluding steroid dienone is 1. The van der Waals surface area contributed by atoms with Gasteiger partial charge in [-0.05, 0) is 50.3 Å². The molecule has 0 saturated carbocycles. The highest BCUT2D eigenvalue weighted by Crippen LogP contribution is 2.23. The Hall–Kier alpha value is -0.550. The van der Waals surface area contributed by atoms with Crippen LogP contribution >= 0.6 is 23.2 Å². The number of rotatable bonds is 5. The number of sulfonamides is 1. The predicted molar refractivity (Wildman–Crippen MR) is 82.8 cm³/mol. The lowest BCUT2D eigenvalue weighted by Gasteiger charge is -2.13. The van der Waals surface area contributed by atoms with Crippen LogP contribution < -0.4 is 4.72 Å². The molecule has 20 heavy (non-hydrogen) atoms. The van der Waals surface area contributed by atoms with Crippen molar-refractivity contribution in [2.75, 3.05) is 6.54 Å². The van der Waals surface area contributed by atoms with Crippen molar-refractivity contribution in [2.45, 2.75) is 37.0 Å². The quantitative estimate of drug-likeness (QED) is 0.822. The number of nitrogens with one attached hydrogen (secondary N) is 1. The maximum absolute atomic E-state index is 12.1. The summed E-state index contributed by atoms with van der Waals surface area (Å²) in [5.41, 5.74) is 1.34. The van der Waals surface area contributed by atoms with Crippen LogP contribution in [0.1, 0.15) is 32.1 Å². The van der Waals surface area contributed by atoms with E-state index < -0.39 is 10.0 Å². The highest BCUT2D eigenvalue weighted by atomic mass is 35.5. The van der Waals surface area contributed by atoms with Gasteiger partial charge in [0.05, 0.1) is 4.90 Å². The molecule has 1 aromatic rings. The fourth-order valence-corrected chi connectivity index (χ4v) is 4.00. The second-order valence-corrected chi connectivity index (χ2v) is 7.50. The van der Waals surface area contributed by atoms with E-state index in [-0.39, 0.29) is 4.90 Å². The maximum Gasteiger partial charge on any atom is 0.240 e. The summed E-state index contributed by atoms with van der Waals surface area (Å²) in [5.74, 6) is 0. The Balaban J connectivity index is 1.98. The van der Waals surface area contributed by atoms with Gasteiger partial charge in [-0.25, -0.2) is 13.1 Å². The second kappa shape index (κ2) is 6.94. The summed E-state index contributed by atoms with van der Waals surface area (Å²) in [6.07, 6.45) is 7.58. The van der Waals surface area contributed by atoms with Crippen LogP contribution in [-0.4, -0.2) is 15.0 Å². The number of hydrogen-bond donors (Lipinski definition) is 1. The smallest absolute Gasteiger partial charge is 0.211 e. The molecule has 0 heterocycles.